The highest BCUT2D eigenvalue weighted by Gasteiger charge is 2.17. The van der Waals surface area contributed by atoms with E-state index in [9.17, 15) is 9.18 Å². The van der Waals surface area contributed by atoms with Gasteiger partial charge < -0.3 is 10.2 Å². The lowest BCUT2D eigenvalue weighted by molar-refractivity contribution is 0.267. The van der Waals surface area contributed by atoms with Gasteiger partial charge in [0, 0.05) is 52.0 Å². The zero-order valence-corrected chi connectivity index (χ0v) is 14.8. The Hall–Kier alpha value is -2.12. The summed E-state index contributed by atoms with van der Waals surface area (Å²) in [7, 11) is 1.57. The zero-order valence-electron chi connectivity index (χ0n) is 14.1. The van der Waals surface area contributed by atoms with E-state index in [1.54, 1.807) is 13.2 Å². The van der Waals surface area contributed by atoms with Crippen molar-refractivity contribution in [2.45, 2.75) is 0 Å². The second-order valence-electron chi connectivity index (χ2n) is 6.03. The van der Waals surface area contributed by atoms with Crippen molar-refractivity contribution in [3.63, 3.8) is 0 Å². The van der Waals surface area contributed by atoms with E-state index in [4.69, 9.17) is 11.6 Å². The molecular formula is C17H21ClFN5O. The van der Waals surface area contributed by atoms with Gasteiger partial charge in [0.25, 0.3) is 5.56 Å². The lowest BCUT2D eigenvalue weighted by atomic mass is 10.2. The van der Waals surface area contributed by atoms with Crippen molar-refractivity contribution in [1.29, 1.82) is 0 Å². The van der Waals surface area contributed by atoms with E-state index < -0.39 is 0 Å². The number of benzene rings is 1. The maximum atomic E-state index is 13.0. The highest BCUT2D eigenvalue weighted by Crippen LogP contribution is 2.17. The number of piperazine rings is 1. The van der Waals surface area contributed by atoms with Crippen LogP contribution in [-0.4, -0.2) is 53.9 Å². The molecule has 1 aliphatic heterocycles. The fourth-order valence-electron chi connectivity index (χ4n) is 2.86. The van der Waals surface area contributed by atoms with Gasteiger partial charge in [0.05, 0.1) is 11.9 Å². The van der Waals surface area contributed by atoms with Crippen LogP contribution in [0.5, 0.6) is 0 Å². The van der Waals surface area contributed by atoms with Crippen LogP contribution in [0.15, 0.2) is 35.3 Å². The smallest absolute Gasteiger partial charge is 0.287 e. The summed E-state index contributed by atoms with van der Waals surface area (Å²) in [6.07, 6.45) is 1.57. The normalized spacial score (nSPS) is 15.4. The summed E-state index contributed by atoms with van der Waals surface area (Å²) < 4.78 is 14.2. The first-order valence-electron chi connectivity index (χ1n) is 8.23. The predicted octanol–water partition coefficient (Wildman–Crippen LogP) is 1.81. The summed E-state index contributed by atoms with van der Waals surface area (Å²) in [5.74, 6) is -0.211. The molecule has 2 aromatic rings. The van der Waals surface area contributed by atoms with Crippen LogP contribution in [0, 0.1) is 5.82 Å². The summed E-state index contributed by atoms with van der Waals surface area (Å²) in [6.45, 7) is 5.21. The van der Waals surface area contributed by atoms with Gasteiger partial charge in [-0.05, 0) is 24.3 Å². The fraction of sp³-hybridized carbons (Fsp3) is 0.412. The molecule has 0 atom stereocenters. The van der Waals surface area contributed by atoms with Crippen LogP contribution in [0.4, 0.5) is 15.8 Å². The van der Waals surface area contributed by atoms with Gasteiger partial charge in [0.1, 0.15) is 10.8 Å². The van der Waals surface area contributed by atoms with E-state index in [1.165, 1.54) is 16.8 Å². The van der Waals surface area contributed by atoms with Gasteiger partial charge in [-0.25, -0.2) is 9.07 Å². The molecule has 6 nitrogen and oxygen atoms in total. The Morgan fingerprint density at radius 2 is 1.88 bits per heavy atom. The van der Waals surface area contributed by atoms with E-state index in [-0.39, 0.29) is 16.4 Å². The SMILES string of the molecule is Cn1ncc(NCCN2CCN(c3ccc(F)cc3)CC2)c(Cl)c1=O. The molecule has 8 heteroatoms. The number of aryl methyl sites for hydroxylation is 1. The highest BCUT2D eigenvalue weighted by molar-refractivity contribution is 6.32. The predicted molar refractivity (Wildman–Crippen MR) is 98.0 cm³/mol. The van der Waals surface area contributed by atoms with Crippen LogP contribution >= 0.6 is 11.6 Å². The number of aromatic nitrogens is 2. The molecule has 0 unspecified atom stereocenters. The second kappa shape index (κ2) is 7.84. The standard InChI is InChI=1S/C17H21ClFN5O/c1-22-17(25)16(18)15(12-21-22)20-6-7-23-8-10-24(11-9-23)14-4-2-13(19)3-5-14/h2-5,12,20H,6-11H2,1H3. The number of anilines is 2. The van der Waals surface area contributed by atoms with Crippen molar-refractivity contribution >= 4 is 23.0 Å². The molecule has 1 N–H and O–H groups in total. The molecule has 1 fully saturated rings. The van der Waals surface area contributed by atoms with Crippen molar-refractivity contribution in [2.75, 3.05) is 49.5 Å². The third-order valence-electron chi connectivity index (χ3n) is 4.39. The average Bonchev–Trinajstić information content (AvgIpc) is 2.63. The van der Waals surface area contributed by atoms with E-state index >= 15 is 0 Å². The maximum absolute atomic E-state index is 13.0. The number of halogens is 2. The van der Waals surface area contributed by atoms with Gasteiger partial charge in [0.15, 0.2) is 0 Å². The molecule has 1 aliphatic rings. The topological polar surface area (TPSA) is 53.4 Å². The Balaban J connectivity index is 1.46. The van der Waals surface area contributed by atoms with Crippen molar-refractivity contribution in [3.8, 4) is 0 Å². The maximum Gasteiger partial charge on any atom is 0.287 e. The van der Waals surface area contributed by atoms with Gasteiger partial charge in [-0.1, -0.05) is 11.6 Å². The molecule has 0 radical (unpaired) electrons. The molecular weight excluding hydrogens is 345 g/mol. The van der Waals surface area contributed by atoms with Gasteiger partial charge in [-0.15, -0.1) is 0 Å². The first-order valence-corrected chi connectivity index (χ1v) is 8.61. The Morgan fingerprint density at radius 3 is 2.56 bits per heavy atom. The van der Waals surface area contributed by atoms with E-state index in [1.807, 2.05) is 12.1 Å². The largest absolute Gasteiger partial charge is 0.381 e. The third kappa shape index (κ3) is 4.29. The van der Waals surface area contributed by atoms with Crippen LogP contribution in [0.3, 0.4) is 0 Å². The first kappa shape index (κ1) is 17.7. The van der Waals surface area contributed by atoms with Gasteiger partial charge in [-0.3, -0.25) is 9.69 Å². The van der Waals surface area contributed by atoms with Crippen LogP contribution in [0.2, 0.25) is 5.02 Å². The quantitative estimate of drug-likeness (QED) is 0.875. The minimum Gasteiger partial charge on any atom is -0.381 e. The molecule has 1 aromatic heterocycles. The molecule has 2 heterocycles. The summed E-state index contributed by atoms with van der Waals surface area (Å²) >= 11 is 6.04. The minimum absolute atomic E-state index is 0.165. The Labute approximate surface area is 150 Å². The molecule has 0 bridgehead atoms. The highest BCUT2D eigenvalue weighted by atomic mass is 35.5. The van der Waals surface area contributed by atoms with Crippen molar-refractivity contribution in [2.24, 2.45) is 7.05 Å². The van der Waals surface area contributed by atoms with E-state index in [2.05, 4.69) is 20.2 Å². The fourth-order valence-corrected chi connectivity index (χ4v) is 3.10. The summed E-state index contributed by atoms with van der Waals surface area (Å²) in [5.41, 5.74) is 1.31. The lowest BCUT2D eigenvalue weighted by Gasteiger charge is -2.36. The molecule has 0 amide bonds. The monoisotopic (exact) mass is 365 g/mol. The average molecular weight is 366 g/mol. The van der Waals surface area contributed by atoms with E-state index in [0.717, 1.165) is 38.4 Å². The molecule has 0 aliphatic carbocycles. The Kier molecular flexibility index (Phi) is 5.55. The molecule has 25 heavy (non-hydrogen) atoms. The first-order chi connectivity index (χ1) is 12.0. The third-order valence-corrected chi connectivity index (χ3v) is 4.75. The Morgan fingerprint density at radius 1 is 1.20 bits per heavy atom. The number of hydrogen-bond donors (Lipinski definition) is 1. The van der Waals surface area contributed by atoms with Crippen molar-refractivity contribution in [3.05, 3.63) is 51.7 Å². The minimum atomic E-state index is -0.306. The molecule has 1 saturated heterocycles. The second-order valence-corrected chi connectivity index (χ2v) is 6.41. The van der Waals surface area contributed by atoms with Crippen LogP contribution < -0.4 is 15.8 Å². The molecule has 0 saturated carbocycles. The van der Waals surface area contributed by atoms with Crippen LogP contribution in [0.25, 0.3) is 0 Å². The number of hydrogen-bond acceptors (Lipinski definition) is 5. The molecule has 1 aromatic carbocycles. The number of rotatable bonds is 5. The van der Waals surface area contributed by atoms with E-state index in [0.29, 0.717) is 12.2 Å². The van der Waals surface area contributed by atoms with Gasteiger partial charge in [0.2, 0.25) is 0 Å². The van der Waals surface area contributed by atoms with Gasteiger partial charge >= 0.3 is 0 Å². The summed E-state index contributed by atoms with van der Waals surface area (Å²) in [4.78, 5) is 16.3. The lowest BCUT2D eigenvalue weighted by Crippen LogP contribution is -2.47. The van der Waals surface area contributed by atoms with Crippen molar-refractivity contribution in [1.82, 2.24) is 14.7 Å². The zero-order chi connectivity index (χ0) is 17.8. The number of nitrogens with one attached hydrogen (secondary N) is 1. The molecule has 0 spiro atoms. The van der Waals surface area contributed by atoms with Crippen LogP contribution in [-0.2, 0) is 7.05 Å². The van der Waals surface area contributed by atoms with Crippen LogP contribution in [0.1, 0.15) is 0 Å². The Bertz CT molecular complexity index is 772. The molecule has 3 rings (SSSR count). The van der Waals surface area contributed by atoms with Gasteiger partial charge in [-0.2, -0.15) is 5.10 Å². The number of nitrogens with zero attached hydrogens (tertiary/aromatic N) is 4. The summed E-state index contributed by atoms with van der Waals surface area (Å²) in [5, 5.41) is 7.30. The summed E-state index contributed by atoms with van der Waals surface area (Å²) in [6, 6.07) is 6.62. The molecule has 134 valence electrons. The van der Waals surface area contributed by atoms with Crippen molar-refractivity contribution < 1.29 is 4.39 Å².